The van der Waals surface area contributed by atoms with Crippen molar-refractivity contribution in [1.82, 2.24) is 9.38 Å². The van der Waals surface area contributed by atoms with E-state index in [1.807, 2.05) is 46.4 Å². The van der Waals surface area contributed by atoms with Crippen molar-refractivity contribution in [1.29, 1.82) is 0 Å². The molecule has 0 aliphatic heterocycles. The number of hydrogen-bond donors (Lipinski definition) is 1. The van der Waals surface area contributed by atoms with Crippen LogP contribution in [0.25, 0.3) is 4.96 Å². The topological polar surface area (TPSA) is 46.8 Å². The van der Waals surface area contributed by atoms with E-state index in [2.05, 4.69) is 4.98 Å². The summed E-state index contributed by atoms with van der Waals surface area (Å²) in [5.41, 5.74) is 1.75. The molecule has 0 radical (unpaired) electrons. The highest BCUT2D eigenvalue weighted by atomic mass is 32.1. The van der Waals surface area contributed by atoms with Crippen molar-refractivity contribution in [2.45, 2.75) is 19.6 Å². The third-order valence-electron chi connectivity index (χ3n) is 2.87. The Morgan fingerprint density at radius 1 is 1.47 bits per heavy atom. The molecule has 4 nitrogen and oxygen atoms in total. The monoisotopic (exact) mass is 274 g/mol. The molecular weight excluding hydrogens is 260 g/mol. The maximum absolute atomic E-state index is 9.53. The van der Waals surface area contributed by atoms with Crippen molar-refractivity contribution < 1.29 is 9.84 Å². The van der Waals surface area contributed by atoms with Gasteiger partial charge in [0.05, 0.1) is 11.8 Å². The zero-order chi connectivity index (χ0) is 13.2. The molecule has 2 aromatic heterocycles. The van der Waals surface area contributed by atoms with Crippen LogP contribution in [0, 0.1) is 0 Å². The summed E-state index contributed by atoms with van der Waals surface area (Å²) >= 11 is 1.60. The molecule has 3 aromatic rings. The second-order valence-electron chi connectivity index (χ2n) is 4.36. The maximum Gasteiger partial charge on any atom is 0.193 e. The van der Waals surface area contributed by atoms with Crippen LogP contribution in [0.1, 0.15) is 24.3 Å². The van der Waals surface area contributed by atoms with Gasteiger partial charge < -0.3 is 9.84 Å². The molecule has 0 saturated carbocycles. The molecule has 0 aliphatic carbocycles. The van der Waals surface area contributed by atoms with Crippen LogP contribution in [0.3, 0.4) is 0 Å². The predicted molar refractivity (Wildman–Crippen MR) is 74.5 cm³/mol. The Bertz CT molecular complexity index is 659. The van der Waals surface area contributed by atoms with E-state index in [4.69, 9.17) is 4.74 Å². The highest BCUT2D eigenvalue weighted by Gasteiger charge is 2.05. The number of nitrogens with zero attached hydrogens (tertiary/aromatic N) is 2. The van der Waals surface area contributed by atoms with Gasteiger partial charge in [0.2, 0.25) is 0 Å². The summed E-state index contributed by atoms with van der Waals surface area (Å²) in [7, 11) is 0. The summed E-state index contributed by atoms with van der Waals surface area (Å²) in [6.45, 7) is 2.17. The highest BCUT2D eigenvalue weighted by Crippen LogP contribution is 2.20. The zero-order valence-electron chi connectivity index (χ0n) is 10.5. The molecule has 1 N–H and O–H groups in total. The SMILES string of the molecule is C[C@@H](O)c1cccc(OCc2cn3ccsc3n2)c1. The number of rotatable bonds is 4. The van der Waals surface area contributed by atoms with Crippen molar-refractivity contribution in [3.8, 4) is 5.75 Å². The molecule has 0 unspecified atom stereocenters. The van der Waals surface area contributed by atoms with Gasteiger partial charge >= 0.3 is 0 Å². The van der Waals surface area contributed by atoms with E-state index in [9.17, 15) is 5.11 Å². The predicted octanol–water partition coefficient (Wildman–Crippen LogP) is 3.03. The largest absolute Gasteiger partial charge is 0.487 e. The summed E-state index contributed by atoms with van der Waals surface area (Å²) in [6, 6.07) is 7.49. The molecule has 19 heavy (non-hydrogen) atoms. The first-order chi connectivity index (χ1) is 9.22. The van der Waals surface area contributed by atoms with E-state index >= 15 is 0 Å². The van der Waals surface area contributed by atoms with Crippen molar-refractivity contribution in [2.24, 2.45) is 0 Å². The molecule has 1 atom stereocenters. The molecule has 0 saturated heterocycles. The van der Waals surface area contributed by atoms with Gasteiger partial charge in [0, 0.05) is 17.8 Å². The Kier molecular flexibility index (Phi) is 3.23. The van der Waals surface area contributed by atoms with Crippen LogP contribution in [0.15, 0.2) is 42.0 Å². The molecule has 0 bridgehead atoms. The van der Waals surface area contributed by atoms with Crippen LogP contribution < -0.4 is 4.74 Å². The maximum atomic E-state index is 9.53. The lowest BCUT2D eigenvalue weighted by atomic mass is 10.1. The van der Waals surface area contributed by atoms with Gasteiger partial charge in [-0.3, -0.25) is 4.40 Å². The second kappa shape index (κ2) is 5.03. The number of aliphatic hydroxyl groups excluding tert-OH is 1. The standard InChI is InChI=1S/C14H14N2O2S/c1-10(17)11-3-2-4-13(7-11)18-9-12-8-16-5-6-19-14(16)15-12/h2-8,10,17H,9H2,1H3/t10-/m1/s1. The molecule has 0 aliphatic rings. The van der Waals surface area contributed by atoms with Crippen LogP contribution in [0.4, 0.5) is 0 Å². The first-order valence-electron chi connectivity index (χ1n) is 6.04. The Labute approximate surface area is 114 Å². The Hall–Kier alpha value is -1.85. The molecule has 0 fully saturated rings. The molecule has 0 spiro atoms. The van der Waals surface area contributed by atoms with Crippen LogP contribution in [0.5, 0.6) is 5.75 Å². The Morgan fingerprint density at radius 2 is 2.37 bits per heavy atom. The van der Waals surface area contributed by atoms with Gasteiger partial charge in [-0.2, -0.15) is 0 Å². The fourth-order valence-electron chi connectivity index (χ4n) is 1.87. The van der Waals surface area contributed by atoms with Crippen molar-refractivity contribution in [2.75, 3.05) is 0 Å². The van der Waals surface area contributed by atoms with Crippen molar-refractivity contribution >= 4 is 16.3 Å². The lowest BCUT2D eigenvalue weighted by Gasteiger charge is -2.08. The minimum Gasteiger partial charge on any atom is -0.487 e. The summed E-state index contributed by atoms with van der Waals surface area (Å²) in [6.07, 6.45) is 3.45. The van der Waals surface area contributed by atoms with Gasteiger partial charge in [0.1, 0.15) is 12.4 Å². The van der Waals surface area contributed by atoms with Crippen LogP contribution in [-0.4, -0.2) is 14.5 Å². The number of aromatic nitrogens is 2. The van der Waals surface area contributed by atoms with Crippen LogP contribution in [-0.2, 0) is 6.61 Å². The Balaban J connectivity index is 1.71. The lowest BCUT2D eigenvalue weighted by molar-refractivity contribution is 0.198. The van der Waals surface area contributed by atoms with Crippen molar-refractivity contribution in [3.63, 3.8) is 0 Å². The average molecular weight is 274 g/mol. The number of ether oxygens (including phenoxy) is 1. The molecular formula is C14H14N2O2S. The van der Waals surface area contributed by atoms with Gasteiger partial charge in [0.15, 0.2) is 4.96 Å². The van der Waals surface area contributed by atoms with Gasteiger partial charge in [-0.25, -0.2) is 4.98 Å². The fraction of sp³-hybridized carbons (Fsp3) is 0.214. The van der Waals surface area contributed by atoms with E-state index < -0.39 is 6.10 Å². The van der Waals surface area contributed by atoms with Crippen LogP contribution >= 0.6 is 11.3 Å². The van der Waals surface area contributed by atoms with E-state index in [0.717, 1.165) is 22.0 Å². The average Bonchev–Trinajstić information content (AvgIpc) is 2.97. The normalized spacial score (nSPS) is 12.7. The van der Waals surface area contributed by atoms with Crippen molar-refractivity contribution in [3.05, 3.63) is 53.3 Å². The third-order valence-corrected chi connectivity index (χ3v) is 3.64. The number of hydrogen-bond acceptors (Lipinski definition) is 4. The first kappa shape index (κ1) is 12.2. The molecule has 2 heterocycles. The molecule has 0 amide bonds. The number of thiazole rings is 1. The molecule has 5 heteroatoms. The molecule has 98 valence electrons. The first-order valence-corrected chi connectivity index (χ1v) is 6.92. The highest BCUT2D eigenvalue weighted by molar-refractivity contribution is 7.15. The van der Waals surface area contributed by atoms with Gasteiger partial charge in [-0.05, 0) is 24.6 Å². The van der Waals surface area contributed by atoms with Crippen LogP contribution in [0.2, 0.25) is 0 Å². The van der Waals surface area contributed by atoms with E-state index in [-0.39, 0.29) is 0 Å². The smallest absolute Gasteiger partial charge is 0.193 e. The summed E-state index contributed by atoms with van der Waals surface area (Å²) in [5.74, 6) is 0.745. The van der Waals surface area contributed by atoms with E-state index in [0.29, 0.717) is 6.61 Å². The lowest BCUT2D eigenvalue weighted by Crippen LogP contribution is -1.97. The molecule has 1 aromatic carbocycles. The fourth-order valence-corrected chi connectivity index (χ4v) is 2.59. The minimum atomic E-state index is -0.485. The summed E-state index contributed by atoms with van der Waals surface area (Å²) < 4.78 is 7.68. The van der Waals surface area contributed by atoms with Gasteiger partial charge in [0.25, 0.3) is 0 Å². The van der Waals surface area contributed by atoms with Gasteiger partial charge in [-0.1, -0.05) is 12.1 Å². The quantitative estimate of drug-likeness (QED) is 0.795. The Morgan fingerprint density at radius 3 is 3.16 bits per heavy atom. The van der Waals surface area contributed by atoms with E-state index in [1.165, 1.54) is 0 Å². The summed E-state index contributed by atoms with van der Waals surface area (Å²) in [5, 5.41) is 11.5. The zero-order valence-corrected chi connectivity index (χ0v) is 11.3. The number of fused-ring (bicyclic) bond motifs is 1. The minimum absolute atomic E-state index is 0.428. The number of aliphatic hydroxyl groups is 1. The second-order valence-corrected chi connectivity index (χ2v) is 5.24. The third kappa shape index (κ3) is 2.62. The molecule has 3 rings (SSSR count). The number of imidazole rings is 1. The summed E-state index contributed by atoms with van der Waals surface area (Å²) in [4.78, 5) is 5.42. The number of benzene rings is 1. The van der Waals surface area contributed by atoms with E-state index in [1.54, 1.807) is 18.3 Å². The van der Waals surface area contributed by atoms with Gasteiger partial charge in [-0.15, -0.1) is 11.3 Å².